The fourth-order valence-corrected chi connectivity index (χ4v) is 3.47. The van der Waals surface area contributed by atoms with E-state index < -0.39 is 23.5 Å². The molecule has 0 saturated heterocycles. The standard InChI is InChI=1S/C23H26N2O5/c1-14-9-8-10-15(2)20(14)29-13-19(26)30-16(3)21(27)25-18-12-7-6-11-17(18)24-22(28)23(25,4)5/h6-12,16H,13H2,1-5H3,(H,24,28)/t16-/m0/s1. The second-order valence-electron chi connectivity index (χ2n) is 7.85. The van der Waals surface area contributed by atoms with Gasteiger partial charge in [-0.05, 0) is 57.9 Å². The summed E-state index contributed by atoms with van der Waals surface area (Å²) in [4.78, 5) is 39.4. The molecule has 1 aliphatic rings. The first-order valence-corrected chi connectivity index (χ1v) is 9.76. The van der Waals surface area contributed by atoms with Crippen LogP contribution in [0.3, 0.4) is 0 Å². The predicted octanol–water partition coefficient (Wildman–Crippen LogP) is 3.38. The molecule has 7 nitrogen and oxygen atoms in total. The molecule has 0 radical (unpaired) electrons. The van der Waals surface area contributed by atoms with Crippen molar-refractivity contribution < 1.29 is 23.9 Å². The van der Waals surface area contributed by atoms with Crippen LogP contribution in [0.4, 0.5) is 11.4 Å². The third-order valence-corrected chi connectivity index (χ3v) is 5.13. The molecule has 30 heavy (non-hydrogen) atoms. The minimum atomic E-state index is -1.14. The summed E-state index contributed by atoms with van der Waals surface area (Å²) in [7, 11) is 0. The minimum Gasteiger partial charge on any atom is -0.481 e. The summed E-state index contributed by atoms with van der Waals surface area (Å²) in [6.07, 6.45) is -1.09. The molecule has 2 aromatic carbocycles. The Balaban J connectivity index is 1.72. The van der Waals surface area contributed by atoms with Gasteiger partial charge in [0, 0.05) is 0 Å². The van der Waals surface area contributed by atoms with Gasteiger partial charge >= 0.3 is 5.97 Å². The van der Waals surface area contributed by atoms with Gasteiger partial charge in [0.1, 0.15) is 11.3 Å². The molecule has 2 aromatic rings. The Labute approximate surface area is 176 Å². The second kappa shape index (κ2) is 8.18. The predicted molar refractivity (Wildman–Crippen MR) is 114 cm³/mol. The molecule has 1 N–H and O–H groups in total. The maximum Gasteiger partial charge on any atom is 0.344 e. The van der Waals surface area contributed by atoms with Crippen molar-refractivity contribution in [3.8, 4) is 5.75 Å². The van der Waals surface area contributed by atoms with Crippen molar-refractivity contribution in [1.29, 1.82) is 0 Å². The van der Waals surface area contributed by atoms with E-state index in [1.807, 2.05) is 32.0 Å². The Hall–Kier alpha value is -3.35. The quantitative estimate of drug-likeness (QED) is 0.764. The van der Waals surface area contributed by atoms with Crippen molar-refractivity contribution in [3.63, 3.8) is 0 Å². The second-order valence-corrected chi connectivity index (χ2v) is 7.85. The molecule has 2 amide bonds. The number of fused-ring (bicyclic) bond motifs is 1. The average Bonchev–Trinajstić information content (AvgIpc) is 2.68. The molecule has 1 heterocycles. The highest BCUT2D eigenvalue weighted by Gasteiger charge is 2.45. The summed E-state index contributed by atoms with van der Waals surface area (Å²) in [6.45, 7) is 8.25. The van der Waals surface area contributed by atoms with Gasteiger partial charge in [0.25, 0.3) is 5.91 Å². The zero-order chi connectivity index (χ0) is 22.1. The lowest BCUT2D eigenvalue weighted by molar-refractivity contribution is -0.156. The number of anilines is 2. The smallest absolute Gasteiger partial charge is 0.344 e. The molecular weight excluding hydrogens is 384 g/mol. The van der Waals surface area contributed by atoms with Crippen LogP contribution in [-0.4, -0.2) is 36.0 Å². The number of nitrogens with one attached hydrogen (secondary N) is 1. The number of nitrogens with zero attached hydrogens (tertiary/aromatic N) is 1. The molecule has 0 spiro atoms. The van der Waals surface area contributed by atoms with Crippen LogP contribution in [-0.2, 0) is 19.1 Å². The Morgan fingerprint density at radius 3 is 2.37 bits per heavy atom. The number of carbonyl (C=O) groups excluding carboxylic acids is 3. The maximum absolute atomic E-state index is 13.2. The molecule has 1 atom stereocenters. The SMILES string of the molecule is Cc1cccc(C)c1OCC(=O)O[C@@H](C)C(=O)N1c2ccccc2NC(=O)C1(C)C. The van der Waals surface area contributed by atoms with Gasteiger partial charge in [0.2, 0.25) is 5.91 Å². The van der Waals surface area contributed by atoms with E-state index in [1.54, 1.807) is 38.1 Å². The fraction of sp³-hybridized carbons (Fsp3) is 0.348. The lowest BCUT2D eigenvalue weighted by Crippen LogP contribution is -2.60. The third-order valence-electron chi connectivity index (χ3n) is 5.13. The first kappa shape index (κ1) is 21.4. The number of carbonyl (C=O) groups is 3. The van der Waals surface area contributed by atoms with Crippen LogP contribution in [0.1, 0.15) is 31.9 Å². The number of benzene rings is 2. The van der Waals surface area contributed by atoms with E-state index in [4.69, 9.17) is 9.47 Å². The monoisotopic (exact) mass is 410 g/mol. The summed E-state index contributed by atoms with van der Waals surface area (Å²) in [5.74, 6) is -0.837. The average molecular weight is 410 g/mol. The Morgan fingerprint density at radius 2 is 1.70 bits per heavy atom. The van der Waals surface area contributed by atoms with Crippen molar-refractivity contribution in [2.75, 3.05) is 16.8 Å². The van der Waals surface area contributed by atoms with Gasteiger partial charge in [0.05, 0.1) is 11.4 Å². The van der Waals surface area contributed by atoms with Crippen molar-refractivity contribution in [2.45, 2.75) is 46.3 Å². The largest absolute Gasteiger partial charge is 0.481 e. The highest BCUT2D eigenvalue weighted by atomic mass is 16.6. The van der Waals surface area contributed by atoms with E-state index in [-0.39, 0.29) is 12.5 Å². The van der Waals surface area contributed by atoms with E-state index in [0.29, 0.717) is 17.1 Å². The van der Waals surface area contributed by atoms with Gasteiger partial charge in [0.15, 0.2) is 12.7 Å². The van der Waals surface area contributed by atoms with Crippen LogP contribution < -0.4 is 15.0 Å². The summed E-state index contributed by atoms with van der Waals surface area (Å²) >= 11 is 0. The number of hydrogen-bond acceptors (Lipinski definition) is 5. The number of aryl methyl sites for hydroxylation is 2. The Kier molecular flexibility index (Phi) is 5.82. The molecule has 7 heteroatoms. The van der Waals surface area contributed by atoms with Crippen molar-refractivity contribution in [1.82, 2.24) is 0 Å². The van der Waals surface area contributed by atoms with E-state index >= 15 is 0 Å². The van der Waals surface area contributed by atoms with E-state index in [2.05, 4.69) is 5.32 Å². The van der Waals surface area contributed by atoms with Gasteiger partial charge in [-0.2, -0.15) is 0 Å². The molecule has 0 aliphatic carbocycles. The molecule has 0 bridgehead atoms. The fourth-order valence-electron chi connectivity index (χ4n) is 3.47. The van der Waals surface area contributed by atoms with E-state index in [9.17, 15) is 14.4 Å². The molecule has 3 rings (SSSR count). The van der Waals surface area contributed by atoms with Crippen LogP contribution in [0.5, 0.6) is 5.75 Å². The molecule has 1 aliphatic heterocycles. The Morgan fingerprint density at radius 1 is 1.07 bits per heavy atom. The topological polar surface area (TPSA) is 84.9 Å². The lowest BCUT2D eigenvalue weighted by Gasteiger charge is -2.42. The highest BCUT2D eigenvalue weighted by Crippen LogP contribution is 2.37. The maximum atomic E-state index is 13.2. The van der Waals surface area contributed by atoms with Crippen molar-refractivity contribution >= 4 is 29.2 Å². The number of amides is 2. The van der Waals surface area contributed by atoms with Crippen LogP contribution in [0.25, 0.3) is 0 Å². The number of hydrogen-bond donors (Lipinski definition) is 1. The van der Waals surface area contributed by atoms with Gasteiger partial charge in [-0.3, -0.25) is 14.5 Å². The highest BCUT2D eigenvalue weighted by molar-refractivity contribution is 6.15. The zero-order valence-electron chi connectivity index (χ0n) is 17.8. The van der Waals surface area contributed by atoms with E-state index in [0.717, 1.165) is 11.1 Å². The first-order valence-electron chi connectivity index (χ1n) is 9.76. The van der Waals surface area contributed by atoms with Crippen molar-refractivity contribution in [3.05, 3.63) is 53.6 Å². The molecule has 0 fully saturated rings. The van der Waals surface area contributed by atoms with Gasteiger partial charge in [-0.25, -0.2) is 4.79 Å². The van der Waals surface area contributed by atoms with Crippen LogP contribution in [0.15, 0.2) is 42.5 Å². The summed E-state index contributed by atoms with van der Waals surface area (Å²) in [5, 5.41) is 2.80. The van der Waals surface area contributed by atoms with Gasteiger partial charge < -0.3 is 14.8 Å². The lowest BCUT2D eigenvalue weighted by atomic mass is 9.95. The molecule has 0 unspecified atom stereocenters. The van der Waals surface area contributed by atoms with Crippen LogP contribution in [0, 0.1) is 13.8 Å². The van der Waals surface area contributed by atoms with E-state index in [1.165, 1.54) is 11.8 Å². The van der Waals surface area contributed by atoms with Gasteiger partial charge in [-0.15, -0.1) is 0 Å². The van der Waals surface area contributed by atoms with Crippen molar-refractivity contribution in [2.24, 2.45) is 0 Å². The van der Waals surface area contributed by atoms with Crippen LogP contribution in [0.2, 0.25) is 0 Å². The zero-order valence-corrected chi connectivity index (χ0v) is 17.8. The molecule has 0 saturated carbocycles. The number of ether oxygens (including phenoxy) is 2. The minimum absolute atomic E-state index is 0.313. The normalized spacial score (nSPS) is 15.6. The number of esters is 1. The first-order chi connectivity index (χ1) is 14.1. The molecule has 158 valence electrons. The Bertz CT molecular complexity index is 979. The van der Waals surface area contributed by atoms with Gasteiger partial charge in [-0.1, -0.05) is 30.3 Å². The molecule has 0 aromatic heterocycles. The summed E-state index contributed by atoms with van der Waals surface area (Å²) in [6, 6.07) is 12.7. The molecular formula is C23H26N2O5. The van der Waals surface area contributed by atoms with Crippen LogP contribution >= 0.6 is 0 Å². The number of rotatable bonds is 5. The third kappa shape index (κ3) is 4.01. The summed E-state index contributed by atoms with van der Waals surface area (Å²) in [5.41, 5.74) is 1.77. The summed E-state index contributed by atoms with van der Waals surface area (Å²) < 4.78 is 10.9. The number of para-hydroxylation sites is 3.